The van der Waals surface area contributed by atoms with Gasteiger partial charge in [-0.2, -0.15) is 0 Å². The molecule has 10 rings (SSSR count). The number of oxazole rings is 1. The maximum Gasteiger partial charge on any atom is 0.227 e. The van der Waals surface area contributed by atoms with Crippen LogP contribution in [0.5, 0.6) is 0 Å². The topological polar surface area (TPSA) is 42.4 Å². The van der Waals surface area contributed by atoms with Crippen LogP contribution in [0.2, 0.25) is 0 Å². The zero-order chi connectivity index (χ0) is 35.1. The highest BCUT2D eigenvalue weighted by Gasteiger charge is 2.20. The predicted molar refractivity (Wildman–Crippen MR) is 217 cm³/mol. The van der Waals surface area contributed by atoms with E-state index >= 15 is 0 Å². The number of para-hydroxylation sites is 3. The molecular weight excluding hydrogens is 649 g/mol. The molecule has 250 valence electrons. The first-order valence-electron chi connectivity index (χ1n) is 17.8. The maximum atomic E-state index is 6.45. The number of anilines is 3. The molecule has 0 saturated carbocycles. The Labute approximate surface area is 307 Å². The molecule has 1 aliphatic carbocycles. The lowest BCUT2D eigenvalue weighted by Crippen LogP contribution is -2.11. The van der Waals surface area contributed by atoms with Crippen LogP contribution in [0, 0.1) is 0 Å². The maximum absolute atomic E-state index is 6.45. The zero-order valence-electron chi connectivity index (χ0n) is 28.7. The number of nitrogens with zero attached hydrogens (tertiary/aromatic N) is 2. The molecule has 2 aliphatic rings. The molecule has 0 amide bonds. The largest absolute Gasteiger partial charge is 0.456 e. The Balaban J connectivity index is 1.02. The highest BCUT2D eigenvalue weighted by Crippen LogP contribution is 2.43. The van der Waals surface area contributed by atoms with Crippen LogP contribution in [0.4, 0.5) is 17.1 Å². The van der Waals surface area contributed by atoms with Crippen LogP contribution in [-0.4, -0.2) is 4.98 Å². The molecule has 0 saturated heterocycles. The molecular formula is C49H32N2O2. The first kappa shape index (κ1) is 30.6. The molecule has 4 heteroatoms. The molecule has 2 heterocycles. The van der Waals surface area contributed by atoms with E-state index in [1.807, 2.05) is 36.4 Å². The fraction of sp³-hybridized carbons (Fsp3) is 0. The average molecular weight is 681 g/mol. The van der Waals surface area contributed by atoms with E-state index in [1.165, 1.54) is 21.9 Å². The summed E-state index contributed by atoms with van der Waals surface area (Å²) >= 11 is 0. The SMILES string of the molecule is c1cc2ccc(-c3ccccc3N(c3ccc(-c4ccc(-c5ccc6ccccc6c5)cc4)cc3)c3ccc(-c4nc5ccccc5o4)cc3)oc-2c1. The van der Waals surface area contributed by atoms with Gasteiger partial charge >= 0.3 is 0 Å². The van der Waals surface area contributed by atoms with Crippen LogP contribution in [0.15, 0.2) is 203 Å². The minimum absolute atomic E-state index is 0.600. The molecule has 53 heavy (non-hydrogen) atoms. The molecule has 1 aromatic heterocycles. The minimum Gasteiger partial charge on any atom is -0.456 e. The fourth-order valence-corrected chi connectivity index (χ4v) is 7.19. The summed E-state index contributed by atoms with van der Waals surface area (Å²) < 4.78 is 12.5. The van der Waals surface area contributed by atoms with Crippen molar-refractivity contribution in [3.8, 4) is 56.4 Å². The van der Waals surface area contributed by atoms with Gasteiger partial charge in [-0.3, -0.25) is 0 Å². The van der Waals surface area contributed by atoms with Gasteiger partial charge in [0.1, 0.15) is 17.0 Å². The van der Waals surface area contributed by atoms with Gasteiger partial charge in [0, 0.05) is 28.1 Å². The Morgan fingerprint density at radius 3 is 1.75 bits per heavy atom. The quantitative estimate of drug-likeness (QED) is 0.168. The normalized spacial score (nSPS) is 11.4. The van der Waals surface area contributed by atoms with Crippen molar-refractivity contribution < 1.29 is 8.83 Å². The van der Waals surface area contributed by atoms with Crippen molar-refractivity contribution in [3.05, 3.63) is 194 Å². The van der Waals surface area contributed by atoms with E-state index in [4.69, 9.17) is 13.8 Å². The molecule has 0 unspecified atom stereocenters. The van der Waals surface area contributed by atoms with E-state index in [9.17, 15) is 0 Å². The van der Waals surface area contributed by atoms with Crippen molar-refractivity contribution in [2.45, 2.75) is 0 Å². The fourth-order valence-electron chi connectivity index (χ4n) is 7.19. The van der Waals surface area contributed by atoms with Crippen molar-refractivity contribution >= 4 is 38.9 Å². The molecule has 8 aromatic rings. The van der Waals surface area contributed by atoms with E-state index < -0.39 is 0 Å². The third-order valence-corrected chi connectivity index (χ3v) is 9.95. The summed E-state index contributed by atoms with van der Waals surface area (Å²) in [7, 11) is 0. The summed E-state index contributed by atoms with van der Waals surface area (Å²) in [6, 6.07) is 67.7. The number of fused-ring (bicyclic) bond motifs is 3. The zero-order valence-corrected chi connectivity index (χ0v) is 28.7. The number of aromatic nitrogens is 1. The molecule has 1 aliphatic heterocycles. The predicted octanol–water partition coefficient (Wildman–Crippen LogP) is 13.8. The average Bonchev–Trinajstić information content (AvgIpc) is 3.89. The standard InChI is InChI=1S/C49H32N2O2/c1-2-9-39-32-40(21-20-33(39)8-1)36-18-16-34(17-19-36)35-22-27-41(28-23-35)51(42-29-24-38(25-30-42)49-50-44-12-4-6-14-48(44)53-49)45-13-5-3-11-43(45)47-31-26-37-10-7-15-46(37)52-47/h1-32H. The molecule has 0 N–H and O–H groups in total. The van der Waals surface area contributed by atoms with Gasteiger partial charge in [-0.05, 0) is 118 Å². The Hall–Kier alpha value is -7.17. The van der Waals surface area contributed by atoms with Gasteiger partial charge < -0.3 is 13.7 Å². The van der Waals surface area contributed by atoms with E-state index in [1.54, 1.807) is 0 Å². The van der Waals surface area contributed by atoms with E-state index in [2.05, 4.69) is 163 Å². The van der Waals surface area contributed by atoms with Crippen LogP contribution in [-0.2, 0) is 0 Å². The lowest BCUT2D eigenvalue weighted by atomic mass is 9.98. The van der Waals surface area contributed by atoms with Gasteiger partial charge in [-0.25, -0.2) is 4.98 Å². The molecule has 0 atom stereocenters. The van der Waals surface area contributed by atoms with Crippen molar-refractivity contribution in [1.82, 2.24) is 4.98 Å². The first-order valence-corrected chi connectivity index (χ1v) is 17.8. The van der Waals surface area contributed by atoms with E-state index in [0.29, 0.717) is 5.89 Å². The molecule has 7 aromatic carbocycles. The smallest absolute Gasteiger partial charge is 0.227 e. The number of rotatable bonds is 7. The summed E-state index contributed by atoms with van der Waals surface area (Å²) in [6.45, 7) is 0. The van der Waals surface area contributed by atoms with Crippen molar-refractivity contribution in [1.29, 1.82) is 0 Å². The molecule has 0 bridgehead atoms. The Morgan fingerprint density at radius 1 is 0.377 bits per heavy atom. The Bertz CT molecular complexity index is 2800. The number of hydrogen-bond acceptors (Lipinski definition) is 4. The third-order valence-electron chi connectivity index (χ3n) is 9.95. The number of hydrogen-bond donors (Lipinski definition) is 0. The molecule has 0 fully saturated rings. The first-order chi connectivity index (χ1) is 26.2. The Kier molecular flexibility index (Phi) is 7.43. The van der Waals surface area contributed by atoms with Crippen LogP contribution in [0.25, 0.3) is 78.2 Å². The van der Waals surface area contributed by atoms with E-state index in [0.717, 1.165) is 67.5 Å². The van der Waals surface area contributed by atoms with Gasteiger partial charge in [0.25, 0.3) is 0 Å². The second-order valence-electron chi connectivity index (χ2n) is 13.2. The van der Waals surface area contributed by atoms with E-state index in [-0.39, 0.29) is 0 Å². The highest BCUT2D eigenvalue weighted by molar-refractivity contribution is 5.89. The molecule has 0 radical (unpaired) electrons. The van der Waals surface area contributed by atoms with Crippen LogP contribution in [0.3, 0.4) is 0 Å². The molecule has 4 nitrogen and oxygen atoms in total. The lowest BCUT2D eigenvalue weighted by molar-refractivity contribution is 0.583. The third kappa shape index (κ3) is 5.73. The highest BCUT2D eigenvalue weighted by atomic mass is 16.3. The Morgan fingerprint density at radius 2 is 0.981 bits per heavy atom. The number of benzene rings is 7. The van der Waals surface area contributed by atoms with Gasteiger partial charge in [-0.15, -0.1) is 0 Å². The summed E-state index contributed by atoms with van der Waals surface area (Å²) in [5.74, 6) is 2.26. The van der Waals surface area contributed by atoms with Crippen molar-refractivity contribution in [2.24, 2.45) is 0 Å². The summed E-state index contributed by atoms with van der Waals surface area (Å²) in [5, 5.41) is 2.50. The second-order valence-corrected chi connectivity index (χ2v) is 13.2. The monoisotopic (exact) mass is 680 g/mol. The van der Waals surface area contributed by atoms with Gasteiger partial charge in [0.2, 0.25) is 5.89 Å². The summed E-state index contributed by atoms with van der Waals surface area (Å²) in [5.41, 5.74) is 12.4. The van der Waals surface area contributed by atoms with Gasteiger partial charge in [0.15, 0.2) is 5.58 Å². The van der Waals surface area contributed by atoms with Gasteiger partial charge in [-0.1, -0.05) is 109 Å². The summed E-state index contributed by atoms with van der Waals surface area (Å²) in [4.78, 5) is 7.01. The summed E-state index contributed by atoms with van der Waals surface area (Å²) in [6.07, 6.45) is 0. The van der Waals surface area contributed by atoms with Crippen molar-refractivity contribution in [2.75, 3.05) is 4.90 Å². The van der Waals surface area contributed by atoms with Crippen LogP contribution in [0.1, 0.15) is 0 Å². The van der Waals surface area contributed by atoms with Crippen LogP contribution >= 0.6 is 0 Å². The van der Waals surface area contributed by atoms with Crippen molar-refractivity contribution in [3.63, 3.8) is 0 Å². The van der Waals surface area contributed by atoms with Gasteiger partial charge in [0.05, 0.1) is 5.69 Å². The lowest BCUT2D eigenvalue weighted by Gasteiger charge is -2.28. The second kappa shape index (κ2) is 12.9. The van der Waals surface area contributed by atoms with Crippen LogP contribution < -0.4 is 4.90 Å². The molecule has 0 spiro atoms. The minimum atomic E-state index is 0.600.